The molecule has 1 saturated heterocycles. The minimum atomic E-state index is -0.853. The molecule has 0 radical (unpaired) electrons. The van der Waals surface area contributed by atoms with Gasteiger partial charge in [-0.15, -0.1) is 0 Å². The Morgan fingerprint density at radius 3 is 3.00 bits per heavy atom. The molecular formula is C10H13N3O3. The maximum absolute atomic E-state index is 11.8. The zero-order valence-corrected chi connectivity index (χ0v) is 8.88. The number of carboxylic acids is 1. The van der Waals surface area contributed by atoms with Crippen molar-refractivity contribution in [3.8, 4) is 0 Å². The molecule has 0 bridgehead atoms. The number of aromatic nitrogens is 2. The van der Waals surface area contributed by atoms with Gasteiger partial charge in [-0.05, 0) is 13.3 Å². The molecule has 16 heavy (non-hydrogen) atoms. The summed E-state index contributed by atoms with van der Waals surface area (Å²) >= 11 is 0. The van der Waals surface area contributed by atoms with Gasteiger partial charge in [0.2, 0.25) is 5.91 Å². The minimum Gasteiger partial charge on any atom is -0.481 e. The van der Waals surface area contributed by atoms with Gasteiger partial charge >= 0.3 is 5.97 Å². The van der Waals surface area contributed by atoms with Crippen molar-refractivity contribution < 1.29 is 14.7 Å². The van der Waals surface area contributed by atoms with Gasteiger partial charge in [0.15, 0.2) is 0 Å². The molecule has 2 rings (SSSR count). The Kier molecular flexibility index (Phi) is 2.64. The second kappa shape index (κ2) is 3.96. The predicted octanol–water partition coefficient (Wildman–Crippen LogP) is 0.626. The van der Waals surface area contributed by atoms with Gasteiger partial charge in [0.05, 0.1) is 17.8 Å². The van der Waals surface area contributed by atoms with Crippen molar-refractivity contribution in [3.63, 3.8) is 0 Å². The molecule has 2 atom stereocenters. The lowest BCUT2D eigenvalue weighted by molar-refractivity contribution is -0.143. The van der Waals surface area contributed by atoms with Crippen LogP contribution in [0.3, 0.4) is 0 Å². The predicted molar refractivity (Wildman–Crippen MR) is 55.9 cm³/mol. The Labute approximate surface area is 92.3 Å². The lowest BCUT2D eigenvalue weighted by Crippen LogP contribution is -2.49. The van der Waals surface area contributed by atoms with Crippen LogP contribution >= 0.6 is 0 Å². The highest BCUT2D eigenvalue weighted by atomic mass is 16.4. The van der Waals surface area contributed by atoms with E-state index in [9.17, 15) is 9.59 Å². The molecule has 1 amide bonds. The van der Waals surface area contributed by atoms with E-state index in [4.69, 9.17) is 5.11 Å². The summed E-state index contributed by atoms with van der Waals surface area (Å²) < 4.78 is 0. The molecule has 1 aromatic rings. The summed E-state index contributed by atoms with van der Waals surface area (Å²) in [7, 11) is 0. The van der Waals surface area contributed by atoms with Crippen LogP contribution in [0.5, 0.6) is 0 Å². The number of rotatable bonds is 2. The van der Waals surface area contributed by atoms with Crippen molar-refractivity contribution in [1.29, 1.82) is 0 Å². The molecule has 1 fully saturated rings. The number of aromatic amines is 1. The van der Waals surface area contributed by atoms with Crippen LogP contribution in [0.25, 0.3) is 0 Å². The van der Waals surface area contributed by atoms with E-state index < -0.39 is 11.9 Å². The SMILES string of the molecule is C[C@@H]1[C@@H](C(=O)O)CCC(=O)N1c1cn[nH]c1. The summed E-state index contributed by atoms with van der Waals surface area (Å²) in [4.78, 5) is 24.3. The lowest BCUT2D eigenvalue weighted by Gasteiger charge is -2.36. The highest BCUT2D eigenvalue weighted by Gasteiger charge is 2.37. The fraction of sp³-hybridized carbons (Fsp3) is 0.500. The molecule has 0 aromatic carbocycles. The summed E-state index contributed by atoms with van der Waals surface area (Å²) in [6.45, 7) is 1.75. The summed E-state index contributed by atoms with van der Waals surface area (Å²) in [5, 5.41) is 15.4. The number of aliphatic carboxylic acids is 1. The van der Waals surface area contributed by atoms with Crippen molar-refractivity contribution in [2.75, 3.05) is 4.90 Å². The Hall–Kier alpha value is -1.85. The Morgan fingerprint density at radius 2 is 2.44 bits per heavy atom. The molecule has 0 unspecified atom stereocenters. The van der Waals surface area contributed by atoms with Gasteiger partial charge in [-0.1, -0.05) is 0 Å². The molecule has 0 spiro atoms. The van der Waals surface area contributed by atoms with Crippen molar-refractivity contribution >= 4 is 17.6 Å². The number of hydrogen-bond donors (Lipinski definition) is 2. The van der Waals surface area contributed by atoms with Crippen LogP contribution in [-0.4, -0.2) is 33.2 Å². The van der Waals surface area contributed by atoms with Crippen molar-refractivity contribution in [3.05, 3.63) is 12.4 Å². The van der Waals surface area contributed by atoms with Crippen molar-refractivity contribution in [2.24, 2.45) is 5.92 Å². The first-order valence-electron chi connectivity index (χ1n) is 5.15. The van der Waals surface area contributed by atoms with Crippen LogP contribution in [0.4, 0.5) is 5.69 Å². The molecule has 86 valence electrons. The Bertz CT molecular complexity index is 401. The van der Waals surface area contributed by atoms with Gasteiger partial charge in [-0.2, -0.15) is 5.10 Å². The van der Waals surface area contributed by atoms with Gasteiger partial charge in [0, 0.05) is 18.7 Å². The van der Waals surface area contributed by atoms with E-state index in [-0.39, 0.29) is 18.4 Å². The van der Waals surface area contributed by atoms with Gasteiger partial charge in [0.25, 0.3) is 0 Å². The topological polar surface area (TPSA) is 86.3 Å². The summed E-state index contributed by atoms with van der Waals surface area (Å²) in [6.07, 6.45) is 3.80. The molecule has 1 aromatic heterocycles. The van der Waals surface area contributed by atoms with Crippen LogP contribution in [0.15, 0.2) is 12.4 Å². The fourth-order valence-corrected chi connectivity index (χ4v) is 2.13. The number of amides is 1. The zero-order valence-electron chi connectivity index (χ0n) is 8.88. The number of H-pyrrole nitrogens is 1. The first-order valence-corrected chi connectivity index (χ1v) is 5.15. The molecule has 0 saturated carbocycles. The van der Waals surface area contributed by atoms with Crippen molar-refractivity contribution in [1.82, 2.24) is 10.2 Å². The molecule has 0 aliphatic carbocycles. The van der Waals surface area contributed by atoms with Gasteiger partial charge < -0.3 is 10.0 Å². The van der Waals surface area contributed by atoms with E-state index in [2.05, 4.69) is 10.2 Å². The summed E-state index contributed by atoms with van der Waals surface area (Å²) in [5.41, 5.74) is 0.628. The van der Waals surface area contributed by atoms with Crippen LogP contribution in [0, 0.1) is 5.92 Å². The second-order valence-electron chi connectivity index (χ2n) is 3.94. The van der Waals surface area contributed by atoms with Crippen LogP contribution in [0.1, 0.15) is 19.8 Å². The monoisotopic (exact) mass is 223 g/mol. The maximum atomic E-state index is 11.8. The zero-order chi connectivity index (χ0) is 11.7. The number of anilines is 1. The number of nitrogens with zero attached hydrogens (tertiary/aromatic N) is 2. The molecule has 1 aliphatic heterocycles. The number of carbonyl (C=O) groups excluding carboxylic acids is 1. The average molecular weight is 223 g/mol. The number of carboxylic acid groups (broad SMARTS) is 1. The Balaban J connectivity index is 2.28. The molecule has 2 N–H and O–H groups in total. The van der Waals surface area contributed by atoms with Crippen LogP contribution < -0.4 is 4.90 Å². The van der Waals surface area contributed by atoms with E-state index in [1.54, 1.807) is 13.1 Å². The molecular weight excluding hydrogens is 210 g/mol. The van der Waals surface area contributed by atoms with Gasteiger partial charge in [0.1, 0.15) is 0 Å². The second-order valence-corrected chi connectivity index (χ2v) is 3.94. The van der Waals surface area contributed by atoms with E-state index in [0.29, 0.717) is 12.1 Å². The standard InChI is InChI=1S/C10H13N3O3/c1-6-8(10(15)16)2-3-9(14)13(6)7-4-11-12-5-7/h4-6,8H,2-3H2,1H3,(H,11,12)(H,15,16)/t6-,8+/m1/s1. The highest BCUT2D eigenvalue weighted by molar-refractivity contribution is 5.96. The smallest absolute Gasteiger partial charge is 0.308 e. The van der Waals surface area contributed by atoms with Gasteiger partial charge in [-0.25, -0.2) is 0 Å². The molecule has 6 nitrogen and oxygen atoms in total. The maximum Gasteiger partial charge on any atom is 0.308 e. The third-order valence-electron chi connectivity index (χ3n) is 3.01. The van der Waals surface area contributed by atoms with Crippen LogP contribution in [0.2, 0.25) is 0 Å². The van der Waals surface area contributed by atoms with E-state index in [1.807, 2.05) is 0 Å². The number of hydrogen-bond acceptors (Lipinski definition) is 3. The first-order chi connectivity index (χ1) is 7.61. The summed E-state index contributed by atoms with van der Waals surface area (Å²) in [5.74, 6) is -1.41. The third kappa shape index (κ3) is 1.66. The average Bonchev–Trinajstić information content (AvgIpc) is 2.70. The van der Waals surface area contributed by atoms with Crippen LogP contribution in [-0.2, 0) is 9.59 Å². The highest BCUT2D eigenvalue weighted by Crippen LogP contribution is 2.28. The largest absolute Gasteiger partial charge is 0.481 e. The lowest BCUT2D eigenvalue weighted by atomic mass is 9.89. The quantitative estimate of drug-likeness (QED) is 0.769. The molecule has 6 heteroatoms. The van der Waals surface area contributed by atoms with E-state index >= 15 is 0 Å². The van der Waals surface area contributed by atoms with E-state index in [0.717, 1.165) is 0 Å². The third-order valence-corrected chi connectivity index (χ3v) is 3.01. The molecule has 2 heterocycles. The molecule has 1 aliphatic rings. The minimum absolute atomic E-state index is 0.0496. The fourth-order valence-electron chi connectivity index (χ4n) is 2.13. The summed E-state index contributed by atoms with van der Waals surface area (Å²) in [6, 6.07) is -0.337. The normalized spacial score (nSPS) is 25.8. The van der Waals surface area contributed by atoms with E-state index in [1.165, 1.54) is 11.1 Å². The number of carbonyl (C=O) groups is 2. The number of nitrogens with one attached hydrogen (secondary N) is 1. The first kappa shape index (κ1) is 10.7. The van der Waals surface area contributed by atoms with Crippen molar-refractivity contribution in [2.45, 2.75) is 25.8 Å². The Morgan fingerprint density at radius 1 is 1.69 bits per heavy atom. The van der Waals surface area contributed by atoms with Gasteiger partial charge in [-0.3, -0.25) is 14.7 Å². The number of piperidine rings is 1.